The maximum atomic E-state index is 13.0. The van der Waals surface area contributed by atoms with Crippen molar-refractivity contribution in [2.45, 2.75) is 37.1 Å². The smallest absolute Gasteiger partial charge is 0.234 e. The SMILES string of the molecule is CCn1c(CSCc2ccc(F)cc2)nnc1SCC(=O)Nc1ccc(Cl)cc1C. The van der Waals surface area contributed by atoms with Gasteiger partial charge >= 0.3 is 0 Å². The molecule has 2 aromatic carbocycles. The Labute approximate surface area is 188 Å². The Kier molecular flexibility index (Phi) is 8.18. The zero-order chi connectivity index (χ0) is 21.5. The van der Waals surface area contributed by atoms with Crippen LogP contribution in [-0.4, -0.2) is 26.4 Å². The molecule has 30 heavy (non-hydrogen) atoms. The Morgan fingerprint density at radius 1 is 1.17 bits per heavy atom. The number of rotatable bonds is 9. The molecule has 0 fully saturated rings. The van der Waals surface area contributed by atoms with Crippen molar-refractivity contribution in [3.8, 4) is 0 Å². The van der Waals surface area contributed by atoms with Gasteiger partial charge in [-0.15, -0.1) is 22.0 Å². The first-order chi connectivity index (χ1) is 14.5. The van der Waals surface area contributed by atoms with E-state index < -0.39 is 0 Å². The van der Waals surface area contributed by atoms with Gasteiger partial charge in [0.1, 0.15) is 11.6 Å². The third-order valence-electron chi connectivity index (χ3n) is 4.32. The van der Waals surface area contributed by atoms with Crippen LogP contribution in [0.15, 0.2) is 47.6 Å². The summed E-state index contributed by atoms with van der Waals surface area (Å²) in [6, 6.07) is 11.9. The van der Waals surface area contributed by atoms with Crippen molar-refractivity contribution in [1.29, 1.82) is 0 Å². The summed E-state index contributed by atoms with van der Waals surface area (Å²) in [4.78, 5) is 12.3. The van der Waals surface area contributed by atoms with Crippen molar-refractivity contribution in [2.24, 2.45) is 0 Å². The van der Waals surface area contributed by atoms with E-state index in [1.165, 1.54) is 23.9 Å². The number of amides is 1. The number of aromatic nitrogens is 3. The summed E-state index contributed by atoms with van der Waals surface area (Å²) in [5, 5.41) is 12.8. The third-order valence-corrected chi connectivity index (χ3v) is 6.52. The minimum atomic E-state index is -0.230. The van der Waals surface area contributed by atoms with Crippen molar-refractivity contribution >= 4 is 46.7 Å². The molecular formula is C21H22ClFN4OS2. The number of thioether (sulfide) groups is 2. The van der Waals surface area contributed by atoms with Crippen LogP contribution in [0.25, 0.3) is 0 Å². The lowest BCUT2D eigenvalue weighted by atomic mass is 10.2. The number of benzene rings is 2. The fourth-order valence-corrected chi connectivity index (χ4v) is 4.75. The van der Waals surface area contributed by atoms with Crippen LogP contribution in [0.1, 0.15) is 23.9 Å². The average molecular weight is 465 g/mol. The Morgan fingerprint density at radius 3 is 2.63 bits per heavy atom. The number of carbonyl (C=O) groups excluding carboxylic acids is 1. The zero-order valence-corrected chi connectivity index (χ0v) is 19.1. The topological polar surface area (TPSA) is 59.8 Å². The Morgan fingerprint density at radius 2 is 1.93 bits per heavy atom. The van der Waals surface area contributed by atoms with Gasteiger partial charge in [-0.3, -0.25) is 4.79 Å². The van der Waals surface area contributed by atoms with Crippen LogP contribution in [0.5, 0.6) is 0 Å². The fourth-order valence-electron chi connectivity index (χ4n) is 2.77. The van der Waals surface area contributed by atoms with Gasteiger partial charge in [-0.25, -0.2) is 4.39 Å². The van der Waals surface area contributed by atoms with E-state index in [0.29, 0.717) is 10.8 Å². The lowest BCUT2D eigenvalue weighted by Crippen LogP contribution is -2.15. The monoisotopic (exact) mass is 464 g/mol. The molecule has 1 aromatic heterocycles. The number of nitrogens with zero attached hydrogens (tertiary/aromatic N) is 3. The summed E-state index contributed by atoms with van der Waals surface area (Å²) in [6.45, 7) is 4.65. The highest BCUT2D eigenvalue weighted by atomic mass is 35.5. The fraction of sp³-hybridized carbons (Fsp3) is 0.286. The number of hydrogen-bond acceptors (Lipinski definition) is 5. The Bertz CT molecular complexity index is 1010. The molecule has 1 N–H and O–H groups in total. The van der Waals surface area contributed by atoms with E-state index in [0.717, 1.165) is 40.1 Å². The molecule has 3 rings (SSSR count). The molecule has 5 nitrogen and oxygen atoms in total. The quantitative estimate of drug-likeness (QED) is 0.420. The predicted molar refractivity (Wildman–Crippen MR) is 123 cm³/mol. The molecule has 0 saturated heterocycles. The van der Waals surface area contributed by atoms with Crippen molar-refractivity contribution in [3.05, 3.63) is 70.3 Å². The van der Waals surface area contributed by atoms with Crippen LogP contribution in [-0.2, 0) is 22.8 Å². The molecule has 3 aromatic rings. The Balaban J connectivity index is 1.53. The number of hydrogen-bond donors (Lipinski definition) is 1. The number of aryl methyl sites for hydroxylation is 1. The lowest BCUT2D eigenvalue weighted by molar-refractivity contribution is -0.113. The summed E-state index contributed by atoms with van der Waals surface area (Å²) in [7, 11) is 0. The minimum Gasteiger partial charge on any atom is -0.325 e. The standard InChI is InChI=1S/C21H22ClFN4OS2/c1-3-27-19(12-29-11-15-4-7-17(23)8-5-15)25-26-21(27)30-13-20(28)24-18-9-6-16(22)10-14(18)2/h4-10H,3,11-13H2,1-2H3,(H,24,28). The van der Waals surface area contributed by atoms with Crippen molar-refractivity contribution < 1.29 is 9.18 Å². The van der Waals surface area contributed by atoms with E-state index in [-0.39, 0.29) is 17.5 Å². The molecule has 0 bridgehead atoms. The van der Waals surface area contributed by atoms with E-state index in [2.05, 4.69) is 15.5 Å². The van der Waals surface area contributed by atoms with E-state index in [1.54, 1.807) is 36.0 Å². The van der Waals surface area contributed by atoms with Gasteiger partial charge in [0.15, 0.2) is 5.16 Å². The van der Waals surface area contributed by atoms with E-state index in [9.17, 15) is 9.18 Å². The molecule has 0 aliphatic carbocycles. The first-order valence-corrected chi connectivity index (χ1v) is 11.9. The maximum absolute atomic E-state index is 13.0. The summed E-state index contributed by atoms with van der Waals surface area (Å²) in [6.07, 6.45) is 0. The Hall–Kier alpha value is -2.03. The lowest BCUT2D eigenvalue weighted by Gasteiger charge is -2.09. The van der Waals surface area contributed by atoms with Crippen LogP contribution in [0, 0.1) is 12.7 Å². The molecule has 0 spiro atoms. The first kappa shape index (κ1) is 22.7. The minimum absolute atomic E-state index is 0.108. The second-order valence-corrected chi connectivity index (χ2v) is 8.92. The molecule has 1 heterocycles. The van der Waals surface area contributed by atoms with Crippen molar-refractivity contribution in [1.82, 2.24) is 14.8 Å². The molecule has 0 saturated carbocycles. The van der Waals surface area contributed by atoms with Crippen molar-refractivity contribution in [3.63, 3.8) is 0 Å². The molecule has 0 aliphatic heterocycles. The number of carbonyl (C=O) groups is 1. The summed E-state index contributed by atoms with van der Waals surface area (Å²) < 4.78 is 15.0. The van der Waals surface area contributed by atoms with Gasteiger partial charge in [0.2, 0.25) is 5.91 Å². The van der Waals surface area contributed by atoms with Gasteiger partial charge in [-0.05, 0) is 55.3 Å². The summed E-state index contributed by atoms with van der Waals surface area (Å²) in [5.41, 5.74) is 2.73. The molecular weight excluding hydrogens is 443 g/mol. The van der Waals surface area contributed by atoms with Crippen LogP contribution >= 0.6 is 35.1 Å². The molecule has 9 heteroatoms. The molecule has 158 valence electrons. The predicted octanol–water partition coefficient (Wildman–Crippen LogP) is 5.56. The second kappa shape index (κ2) is 10.8. The summed E-state index contributed by atoms with van der Waals surface area (Å²) >= 11 is 9.01. The first-order valence-electron chi connectivity index (χ1n) is 9.39. The average Bonchev–Trinajstić information content (AvgIpc) is 3.12. The summed E-state index contributed by atoms with van der Waals surface area (Å²) in [5.74, 6) is 2.22. The van der Waals surface area contributed by atoms with Gasteiger partial charge in [-0.1, -0.05) is 35.5 Å². The molecule has 0 atom stereocenters. The molecule has 0 unspecified atom stereocenters. The number of halogens is 2. The van der Waals surface area contributed by atoms with E-state index >= 15 is 0 Å². The molecule has 1 amide bonds. The van der Waals surface area contributed by atoms with E-state index in [4.69, 9.17) is 11.6 Å². The number of anilines is 1. The van der Waals surface area contributed by atoms with Crippen molar-refractivity contribution in [2.75, 3.05) is 11.1 Å². The van der Waals surface area contributed by atoms with Gasteiger partial charge in [0, 0.05) is 23.0 Å². The van der Waals surface area contributed by atoms with Gasteiger partial charge in [0.25, 0.3) is 0 Å². The molecule has 0 aliphatic rings. The van der Waals surface area contributed by atoms with Crippen LogP contribution < -0.4 is 5.32 Å². The zero-order valence-electron chi connectivity index (χ0n) is 16.7. The van der Waals surface area contributed by atoms with Crippen LogP contribution in [0.2, 0.25) is 5.02 Å². The maximum Gasteiger partial charge on any atom is 0.234 e. The second-order valence-electron chi connectivity index (χ2n) is 6.56. The largest absolute Gasteiger partial charge is 0.325 e. The van der Waals surface area contributed by atoms with Gasteiger partial charge < -0.3 is 9.88 Å². The van der Waals surface area contributed by atoms with E-state index in [1.807, 2.05) is 24.5 Å². The van der Waals surface area contributed by atoms with Gasteiger partial charge in [0.05, 0.1) is 11.5 Å². The normalized spacial score (nSPS) is 10.9. The third kappa shape index (κ3) is 6.23. The highest BCUT2D eigenvalue weighted by Crippen LogP contribution is 2.23. The van der Waals surface area contributed by atoms with Crippen LogP contribution in [0.3, 0.4) is 0 Å². The van der Waals surface area contributed by atoms with Gasteiger partial charge in [-0.2, -0.15) is 0 Å². The highest BCUT2D eigenvalue weighted by Gasteiger charge is 2.14. The number of nitrogens with one attached hydrogen (secondary N) is 1. The molecule has 0 radical (unpaired) electrons. The van der Waals surface area contributed by atoms with Crippen LogP contribution in [0.4, 0.5) is 10.1 Å². The highest BCUT2D eigenvalue weighted by molar-refractivity contribution is 7.99.